The van der Waals surface area contributed by atoms with E-state index >= 15 is 0 Å². The molecule has 0 nitrogen and oxygen atoms in total. The highest BCUT2D eigenvalue weighted by Gasteiger charge is 2.38. The molecule has 0 N–H and O–H groups in total. The fourth-order valence-corrected chi connectivity index (χ4v) is 4.23. The van der Waals surface area contributed by atoms with Gasteiger partial charge in [0, 0.05) is 5.56 Å². The van der Waals surface area contributed by atoms with Crippen LogP contribution in [-0.2, 0) is 19.0 Å². The lowest BCUT2D eigenvalue weighted by atomic mass is 9.97. The van der Waals surface area contributed by atoms with E-state index in [1.54, 1.807) is 0 Å². The molecule has 1 aliphatic rings. The van der Waals surface area contributed by atoms with Gasteiger partial charge in [0.2, 0.25) is 0 Å². The molecule has 0 aliphatic heterocycles. The third-order valence-corrected chi connectivity index (χ3v) is 5.74. The lowest BCUT2D eigenvalue weighted by molar-refractivity contribution is -0.142. The van der Waals surface area contributed by atoms with Crippen molar-refractivity contribution in [3.63, 3.8) is 0 Å². The monoisotopic (exact) mass is 434 g/mol. The zero-order valence-corrected chi connectivity index (χ0v) is 16.8. The van der Waals surface area contributed by atoms with Crippen molar-refractivity contribution in [3.8, 4) is 22.3 Å². The van der Waals surface area contributed by atoms with Gasteiger partial charge >= 0.3 is 6.18 Å². The molecule has 0 saturated carbocycles. The maximum atomic E-state index is 14.8. The number of unbranched alkanes of at least 4 members (excludes halogenated alkanes) is 2. The molecule has 0 radical (unpaired) electrons. The number of benzene rings is 3. The Bertz CT molecular complexity index is 1120. The van der Waals surface area contributed by atoms with Gasteiger partial charge in [-0.15, -0.1) is 0 Å². The summed E-state index contributed by atoms with van der Waals surface area (Å²) in [5.74, 6) is -4.26. The van der Waals surface area contributed by atoms with Gasteiger partial charge in [-0.2, -0.15) is 13.2 Å². The van der Waals surface area contributed by atoms with Crippen molar-refractivity contribution in [1.29, 1.82) is 0 Å². The molecule has 0 atom stereocenters. The molecule has 0 fully saturated rings. The zero-order chi connectivity index (χ0) is 22.3. The smallest absolute Gasteiger partial charge is 0.206 e. The van der Waals surface area contributed by atoms with Crippen molar-refractivity contribution in [1.82, 2.24) is 0 Å². The summed E-state index contributed by atoms with van der Waals surface area (Å²) < 4.78 is 81.3. The van der Waals surface area contributed by atoms with Crippen LogP contribution in [0.25, 0.3) is 22.3 Å². The second-order valence-corrected chi connectivity index (χ2v) is 7.93. The highest BCUT2D eigenvalue weighted by molar-refractivity contribution is 5.81. The Balaban J connectivity index is 1.69. The van der Waals surface area contributed by atoms with Crippen LogP contribution in [0.2, 0.25) is 0 Å². The van der Waals surface area contributed by atoms with E-state index in [9.17, 15) is 26.3 Å². The lowest BCUT2D eigenvalue weighted by Gasteiger charge is -2.13. The molecule has 3 aromatic rings. The number of alkyl halides is 3. The van der Waals surface area contributed by atoms with E-state index in [1.165, 1.54) is 17.7 Å². The van der Waals surface area contributed by atoms with Gasteiger partial charge in [-0.3, -0.25) is 0 Å². The highest BCUT2D eigenvalue weighted by atomic mass is 19.4. The summed E-state index contributed by atoms with van der Waals surface area (Å²) in [5, 5.41) is 0. The van der Waals surface area contributed by atoms with Gasteiger partial charge in [-0.25, -0.2) is 13.2 Å². The van der Waals surface area contributed by atoms with Crippen LogP contribution in [0.3, 0.4) is 0 Å². The van der Waals surface area contributed by atoms with Crippen LogP contribution in [0, 0.1) is 17.5 Å². The first-order valence-corrected chi connectivity index (χ1v) is 10.2. The lowest BCUT2D eigenvalue weighted by Crippen LogP contribution is -2.11. The second kappa shape index (κ2) is 8.06. The third kappa shape index (κ3) is 4.08. The summed E-state index contributed by atoms with van der Waals surface area (Å²) >= 11 is 0. The van der Waals surface area contributed by atoms with Crippen molar-refractivity contribution < 1.29 is 26.3 Å². The van der Waals surface area contributed by atoms with Crippen molar-refractivity contribution >= 4 is 0 Å². The molecule has 0 heterocycles. The van der Waals surface area contributed by atoms with Gasteiger partial charge in [0.15, 0.2) is 0 Å². The summed E-state index contributed by atoms with van der Waals surface area (Å²) in [5.41, 5.74) is 2.27. The van der Waals surface area contributed by atoms with Crippen LogP contribution in [0.1, 0.15) is 48.4 Å². The minimum Gasteiger partial charge on any atom is -0.206 e. The normalized spacial score (nSPS) is 12.7. The fourth-order valence-electron chi connectivity index (χ4n) is 4.23. The maximum absolute atomic E-state index is 14.8. The molecule has 0 unspecified atom stereocenters. The van der Waals surface area contributed by atoms with E-state index in [0.29, 0.717) is 24.1 Å². The van der Waals surface area contributed by atoms with Crippen LogP contribution in [0.4, 0.5) is 26.3 Å². The topological polar surface area (TPSA) is 0 Å². The molecule has 0 bridgehead atoms. The van der Waals surface area contributed by atoms with Crippen LogP contribution in [0.15, 0.2) is 42.5 Å². The largest absolute Gasteiger partial charge is 0.422 e. The SMILES string of the molecule is CCCCCc1ccc2c(c1)Cc1cc(-c3cc(F)c(C(F)(F)F)c(F)c3)c(F)cc1-2. The number of hydrogen-bond donors (Lipinski definition) is 0. The van der Waals surface area contributed by atoms with Crippen LogP contribution in [-0.4, -0.2) is 0 Å². The van der Waals surface area contributed by atoms with Crippen molar-refractivity contribution in [2.75, 3.05) is 0 Å². The number of hydrogen-bond acceptors (Lipinski definition) is 0. The standard InChI is InChI=1S/C25H20F6/c1-2-3-4-5-14-6-7-18-15(8-14)9-16-10-20(21(26)13-19(16)18)17-11-22(27)24(23(28)12-17)25(29,30)31/h6-8,10-13H,2-5,9H2,1H3. The number of rotatable bonds is 5. The third-order valence-electron chi connectivity index (χ3n) is 5.74. The van der Waals surface area contributed by atoms with Crippen molar-refractivity contribution in [2.45, 2.75) is 45.2 Å². The first-order valence-electron chi connectivity index (χ1n) is 10.2. The zero-order valence-electron chi connectivity index (χ0n) is 16.8. The Kier molecular flexibility index (Phi) is 5.58. The van der Waals surface area contributed by atoms with E-state index in [4.69, 9.17) is 0 Å². The van der Waals surface area contributed by atoms with E-state index < -0.39 is 29.2 Å². The van der Waals surface area contributed by atoms with Crippen LogP contribution < -0.4 is 0 Å². The van der Waals surface area contributed by atoms with Crippen molar-refractivity contribution in [2.24, 2.45) is 0 Å². The van der Waals surface area contributed by atoms with E-state index in [2.05, 4.69) is 13.0 Å². The molecular formula is C25H20F6. The second-order valence-electron chi connectivity index (χ2n) is 7.93. The van der Waals surface area contributed by atoms with E-state index in [-0.39, 0.29) is 11.1 Å². The van der Waals surface area contributed by atoms with E-state index in [0.717, 1.165) is 42.4 Å². The molecule has 6 heteroatoms. The summed E-state index contributed by atoms with van der Waals surface area (Å²) in [6.45, 7) is 2.14. The first-order chi connectivity index (χ1) is 14.7. The predicted molar refractivity (Wildman–Crippen MR) is 108 cm³/mol. The molecule has 0 aromatic heterocycles. The Morgan fingerprint density at radius 3 is 2.06 bits per heavy atom. The number of aryl methyl sites for hydroxylation is 1. The fraction of sp³-hybridized carbons (Fsp3) is 0.280. The molecule has 31 heavy (non-hydrogen) atoms. The van der Waals surface area contributed by atoms with Gasteiger partial charge in [-0.05, 0) is 76.9 Å². The molecule has 3 aromatic carbocycles. The van der Waals surface area contributed by atoms with Gasteiger partial charge in [-0.1, -0.05) is 38.0 Å². The summed E-state index contributed by atoms with van der Waals surface area (Å²) in [6.07, 6.45) is -0.312. The highest BCUT2D eigenvalue weighted by Crippen LogP contribution is 2.42. The first kappa shape index (κ1) is 21.5. The Hall–Kier alpha value is -2.76. The summed E-state index contributed by atoms with van der Waals surface area (Å²) in [6, 6.07) is 9.91. The van der Waals surface area contributed by atoms with Crippen LogP contribution >= 0.6 is 0 Å². The van der Waals surface area contributed by atoms with E-state index in [1.807, 2.05) is 12.1 Å². The molecule has 1 aliphatic carbocycles. The maximum Gasteiger partial charge on any atom is 0.422 e. The van der Waals surface area contributed by atoms with Crippen molar-refractivity contribution in [3.05, 3.63) is 82.2 Å². The van der Waals surface area contributed by atoms with Gasteiger partial charge in [0.25, 0.3) is 0 Å². The average Bonchev–Trinajstić information content (AvgIpc) is 3.02. The molecule has 162 valence electrons. The molecular weight excluding hydrogens is 414 g/mol. The Morgan fingerprint density at radius 2 is 1.42 bits per heavy atom. The van der Waals surface area contributed by atoms with Crippen LogP contribution in [0.5, 0.6) is 0 Å². The minimum absolute atomic E-state index is 0.124. The Morgan fingerprint density at radius 1 is 0.742 bits per heavy atom. The molecule has 0 saturated heterocycles. The van der Waals surface area contributed by atoms with Gasteiger partial charge < -0.3 is 0 Å². The summed E-state index contributed by atoms with van der Waals surface area (Å²) in [4.78, 5) is 0. The number of fused-ring (bicyclic) bond motifs is 3. The number of halogens is 6. The quantitative estimate of drug-likeness (QED) is 0.220. The predicted octanol–water partition coefficient (Wildman–Crippen LogP) is 8.09. The molecule has 0 spiro atoms. The molecule has 0 amide bonds. The van der Waals surface area contributed by atoms with Gasteiger partial charge in [0.05, 0.1) is 0 Å². The Labute approximate surface area is 176 Å². The minimum atomic E-state index is -5.17. The molecule has 4 rings (SSSR count). The average molecular weight is 434 g/mol. The van der Waals surface area contributed by atoms with Gasteiger partial charge in [0.1, 0.15) is 23.0 Å². The summed E-state index contributed by atoms with van der Waals surface area (Å²) in [7, 11) is 0.